The maximum Gasteiger partial charge on any atom is 0.337 e. The van der Waals surface area contributed by atoms with Gasteiger partial charge in [-0.3, -0.25) is 14.2 Å². The van der Waals surface area contributed by atoms with Crippen molar-refractivity contribution in [2.24, 2.45) is 0 Å². The molecule has 4 rings (SSSR count). The molecule has 1 saturated heterocycles. The molecule has 1 amide bonds. The molecule has 0 unspecified atom stereocenters. The maximum absolute atomic E-state index is 13.4. The molecule has 0 N–H and O–H groups in total. The number of amides is 1. The lowest BCUT2D eigenvalue weighted by Gasteiger charge is -2.33. The Hall–Kier alpha value is -2.38. The van der Waals surface area contributed by atoms with Crippen LogP contribution in [0.3, 0.4) is 0 Å². The molecular formula is C22H24ClN3O3S. The van der Waals surface area contributed by atoms with E-state index in [1.807, 2.05) is 25.7 Å². The molecule has 2 aromatic heterocycles. The molecule has 1 atom stereocenters. The molecule has 0 aliphatic carbocycles. The maximum atomic E-state index is 13.4. The summed E-state index contributed by atoms with van der Waals surface area (Å²) in [5, 5.41) is 1.01. The Labute approximate surface area is 183 Å². The summed E-state index contributed by atoms with van der Waals surface area (Å²) in [6.07, 6.45) is 3.05. The average Bonchev–Trinajstić information content (AvgIpc) is 3.01. The van der Waals surface area contributed by atoms with Gasteiger partial charge in [0.2, 0.25) is 5.91 Å². The zero-order chi connectivity index (χ0) is 21.6. The van der Waals surface area contributed by atoms with Crippen molar-refractivity contribution >= 4 is 39.1 Å². The molecule has 0 spiro atoms. The molecule has 3 aromatic rings. The summed E-state index contributed by atoms with van der Waals surface area (Å²) in [6, 6.07) is 6.73. The third-order valence-electron chi connectivity index (χ3n) is 5.95. The van der Waals surface area contributed by atoms with E-state index in [4.69, 9.17) is 11.6 Å². The number of benzene rings is 1. The summed E-state index contributed by atoms with van der Waals surface area (Å²) in [4.78, 5) is 43.2. The van der Waals surface area contributed by atoms with Gasteiger partial charge in [-0.05, 0) is 69.9 Å². The van der Waals surface area contributed by atoms with Gasteiger partial charge in [0.1, 0.15) is 11.4 Å². The molecular weight excluding hydrogens is 422 g/mol. The van der Waals surface area contributed by atoms with Crippen molar-refractivity contribution in [1.82, 2.24) is 14.0 Å². The zero-order valence-corrected chi connectivity index (χ0v) is 18.8. The third kappa shape index (κ3) is 3.50. The fourth-order valence-electron chi connectivity index (χ4n) is 4.11. The number of fused-ring (bicyclic) bond motifs is 1. The quantitative estimate of drug-likeness (QED) is 0.614. The number of halogens is 1. The molecule has 0 bridgehead atoms. The van der Waals surface area contributed by atoms with Gasteiger partial charge in [0.15, 0.2) is 0 Å². The van der Waals surface area contributed by atoms with Gasteiger partial charge >= 0.3 is 5.69 Å². The molecule has 1 aliphatic heterocycles. The van der Waals surface area contributed by atoms with Gasteiger partial charge in [-0.15, -0.1) is 11.3 Å². The van der Waals surface area contributed by atoms with Crippen LogP contribution < -0.4 is 11.2 Å². The first kappa shape index (κ1) is 20.9. The Balaban J connectivity index is 1.91. The SMILES string of the molecule is Cc1sc2c(c1C)c(=O)n(-c1ccc(Cl)cc1)c(=O)n2CC(=O)N1CCCC[C@@H]1C. The normalized spacial score (nSPS) is 16.9. The molecule has 0 radical (unpaired) electrons. The van der Waals surface area contributed by atoms with E-state index in [0.717, 1.165) is 34.3 Å². The molecule has 8 heteroatoms. The van der Waals surface area contributed by atoms with E-state index in [9.17, 15) is 14.4 Å². The van der Waals surface area contributed by atoms with Crippen LogP contribution in [0.1, 0.15) is 36.6 Å². The van der Waals surface area contributed by atoms with E-state index in [-0.39, 0.29) is 24.1 Å². The van der Waals surface area contributed by atoms with E-state index in [1.54, 1.807) is 24.3 Å². The van der Waals surface area contributed by atoms with Crippen LogP contribution in [-0.2, 0) is 11.3 Å². The molecule has 1 fully saturated rings. The van der Waals surface area contributed by atoms with Crippen molar-refractivity contribution in [1.29, 1.82) is 0 Å². The number of thiophene rings is 1. The molecule has 30 heavy (non-hydrogen) atoms. The van der Waals surface area contributed by atoms with E-state index in [1.165, 1.54) is 15.9 Å². The van der Waals surface area contributed by atoms with Gasteiger partial charge < -0.3 is 4.90 Å². The van der Waals surface area contributed by atoms with E-state index in [0.29, 0.717) is 27.5 Å². The monoisotopic (exact) mass is 445 g/mol. The highest BCUT2D eigenvalue weighted by molar-refractivity contribution is 7.18. The van der Waals surface area contributed by atoms with Crippen LogP contribution in [0.5, 0.6) is 0 Å². The summed E-state index contributed by atoms with van der Waals surface area (Å²) < 4.78 is 2.60. The lowest BCUT2D eigenvalue weighted by molar-refractivity contribution is -0.135. The van der Waals surface area contributed by atoms with Gasteiger partial charge in [-0.1, -0.05) is 11.6 Å². The minimum Gasteiger partial charge on any atom is -0.338 e. The van der Waals surface area contributed by atoms with E-state index in [2.05, 4.69) is 0 Å². The second-order valence-corrected chi connectivity index (χ2v) is 9.52. The molecule has 0 saturated carbocycles. The largest absolute Gasteiger partial charge is 0.338 e. The number of nitrogens with zero attached hydrogens (tertiary/aromatic N) is 3. The van der Waals surface area contributed by atoms with Crippen LogP contribution in [0.25, 0.3) is 15.9 Å². The Kier molecular flexibility index (Phi) is 5.59. The summed E-state index contributed by atoms with van der Waals surface area (Å²) in [5.74, 6) is -0.0874. The number of aromatic nitrogens is 2. The van der Waals surface area contributed by atoms with Gasteiger partial charge in [0.05, 0.1) is 11.1 Å². The van der Waals surface area contributed by atoms with Gasteiger partial charge in [0, 0.05) is 22.5 Å². The van der Waals surface area contributed by atoms with E-state index < -0.39 is 5.69 Å². The van der Waals surface area contributed by atoms with E-state index >= 15 is 0 Å². The highest BCUT2D eigenvalue weighted by atomic mass is 35.5. The Morgan fingerprint density at radius 3 is 2.53 bits per heavy atom. The predicted octanol–water partition coefficient (Wildman–Crippen LogP) is 3.89. The van der Waals surface area contributed by atoms with Crippen LogP contribution in [0.15, 0.2) is 33.9 Å². The highest BCUT2D eigenvalue weighted by Gasteiger charge is 2.26. The van der Waals surface area contributed by atoms with Crippen molar-refractivity contribution in [2.75, 3.05) is 6.54 Å². The fraction of sp³-hybridized carbons (Fsp3) is 0.409. The van der Waals surface area contributed by atoms with Crippen LogP contribution >= 0.6 is 22.9 Å². The zero-order valence-electron chi connectivity index (χ0n) is 17.3. The first-order valence-corrected chi connectivity index (χ1v) is 11.3. The van der Waals surface area contributed by atoms with Crippen molar-refractivity contribution in [3.63, 3.8) is 0 Å². The number of rotatable bonds is 3. The number of carbonyl (C=O) groups is 1. The van der Waals surface area contributed by atoms with Crippen molar-refractivity contribution in [3.8, 4) is 5.69 Å². The summed E-state index contributed by atoms with van der Waals surface area (Å²) in [7, 11) is 0. The molecule has 6 nitrogen and oxygen atoms in total. The average molecular weight is 446 g/mol. The van der Waals surface area contributed by atoms with Gasteiger partial charge in [-0.25, -0.2) is 9.36 Å². The highest BCUT2D eigenvalue weighted by Crippen LogP contribution is 2.27. The third-order valence-corrected chi connectivity index (χ3v) is 7.43. The Morgan fingerprint density at radius 1 is 1.17 bits per heavy atom. The fourth-order valence-corrected chi connectivity index (χ4v) is 5.38. The minimum absolute atomic E-state index is 0.0765. The number of carbonyl (C=O) groups excluding carboxylic acids is 1. The van der Waals surface area contributed by atoms with Crippen molar-refractivity contribution in [3.05, 3.63) is 60.6 Å². The minimum atomic E-state index is -0.505. The summed E-state index contributed by atoms with van der Waals surface area (Å²) >= 11 is 7.37. The second-order valence-electron chi connectivity index (χ2n) is 7.88. The van der Waals surface area contributed by atoms with Crippen LogP contribution in [0, 0.1) is 13.8 Å². The molecule has 158 valence electrons. The van der Waals surface area contributed by atoms with Gasteiger partial charge in [0.25, 0.3) is 5.56 Å². The second kappa shape index (κ2) is 8.04. The number of piperidine rings is 1. The lowest BCUT2D eigenvalue weighted by Crippen LogP contribution is -2.46. The number of aryl methyl sites for hydroxylation is 2. The number of hydrogen-bond donors (Lipinski definition) is 0. The van der Waals surface area contributed by atoms with Gasteiger partial charge in [-0.2, -0.15) is 0 Å². The summed E-state index contributed by atoms with van der Waals surface area (Å²) in [5.41, 5.74) is 0.408. The molecule has 1 aromatic carbocycles. The summed E-state index contributed by atoms with van der Waals surface area (Å²) in [6.45, 7) is 6.48. The van der Waals surface area contributed by atoms with Crippen LogP contribution in [0.2, 0.25) is 5.02 Å². The van der Waals surface area contributed by atoms with Crippen LogP contribution in [0.4, 0.5) is 0 Å². The number of likely N-dealkylation sites (tertiary alicyclic amines) is 1. The smallest absolute Gasteiger partial charge is 0.337 e. The number of hydrogen-bond acceptors (Lipinski definition) is 4. The molecule has 3 heterocycles. The Morgan fingerprint density at radius 2 is 1.87 bits per heavy atom. The first-order chi connectivity index (χ1) is 14.3. The standard InChI is InChI=1S/C22H24ClN3O3S/c1-13-6-4-5-11-24(13)18(27)12-25-21-19(14(2)15(3)30-21)20(28)26(22(25)29)17-9-7-16(23)8-10-17/h7-10,13H,4-6,11-12H2,1-3H3/t13-/m0/s1. The van der Waals surface area contributed by atoms with Crippen LogP contribution in [-0.4, -0.2) is 32.5 Å². The Bertz CT molecular complexity index is 1240. The lowest BCUT2D eigenvalue weighted by atomic mass is 10.0. The first-order valence-electron chi connectivity index (χ1n) is 10.1. The predicted molar refractivity (Wildman–Crippen MR) is 121 cm³/mol. The topological polar surface area (TPSA) is 64.3 Å². The van der Waals surface area contributed by atoms with Crippen molar-refractivity contribution < 1.29 is 4.79 Å². The molecule has 1 aliphatic rings. The van der Waals surface area contributed by atoms with Crippen molar-refractivity contribution in [2.45, 2.75) is 52.6 Å².